The summed E-state index contributed by atoms with van der Waals surface area (Å²) in [5, 5.41) is 10.8. The molecule has 1 unspecified atom stereocenters. The van der Waals surface area contributed by atoms with Crippen molar-refractivity contribution in [3.05, 3.63) is 64.5 Å². The number of thiophene rings is 1. The van der Waals surface area contributed by atoms with Gasteiger partial charge >= 0.3 is 6.03 Å². The Hall–Kier alpha value is -2.71. The van der Waals surface area contributed by atoms with Crippen LogP contribution >= 0.6 is 22.7 Å². The molecule has 1 saturated heterocycles. The highest BCUT2D eigenvalue weighted by atomic mass is 32.1. The van der Waals surface area contributed by atoms with E-state index in [0.29, 0.717) is 26.1 Å². The summed E-state index contributed by atoms with van der Waals surface area (Å²) in [4.78, 5) is 32.6. The van der Waals surface area contributed by atoms with E-state index in [4.69, 9.17) is 0 Å². The van der Waals surface area contributed by atoms with E-state index in [1.165, 1.54) is 0 Å². The van der Waals surface area contributed by atoms with Crippen LogP contribution in [-0.4, -0.2) is 34.4 Å². The number of amides is 3. The van der Waals surface area contributed by atoms with Gasteiger partial charge in [-0.1, -0.05) is 36.4 Å². The van der Waals surface area contributed by atoms with Crippen LogP contribution in [0.2, 0.25) is 0 Å². The number of hydrogen-bond donors (Lipinski definition) is 2. The molecule has 1 fully saturated rings. The van der Waals surface area contributed by atoms with Gasteiger partial charge in [-0.15, -0.1) is 22.7 Å². The van der Waals surface area contributed by atoms with Crippen molar-refractivity contribution in [3.8, 4) is 9.88 Å². The fourth-order valence-electron chi connectivity index (χ4n) is 3.35. The van der Waals surface area contributed by atoms with Gasteiger partial charge < -0.3 is 15.5 Å². The SMILES string of the molecule is O=C(NCc1csc(-c2cccs2)n1)C1CCCN1C(=O)NCc1ccccc1. The van der Waals surface area contributed by atoms with E-state index >= 15 is 0 Å². The lowest BCUT2D eigenvalue weighted by molar-refractivity contribution is -0.124. The second kappa shape index (κ2) is 9.19. The van der Waals surface area contributed by atoms with Gasteiger partial charge in [-0.3, -0.25) is 4.79 Å². The Kier molecular flexibility index (Phi) is 6.21. The van der Waals surface area contributed by atoms with E-state index in [1.807, 2.05) is 53.2 Å². The van der Waals surface area contributed by atoms with Crippen LogP contribution in [0, 0.1) is 0 Å². The largest absolute Gasteiger partial charge is 0.349 e. The van der Waals surface area contributed by atoms with E-state index < -0.39 is 6.04 Å². The van der Waals surface area contributed by atoms with Gasteiger partial charge in [-0.2, -0.15) is 0 Å². The number of urea groups is 1. The number of likely N-dealkylation sites (tertiary alicyclic amines) is 1. The Labute approximate surface area is 177 Å². The predicted octanol–water partition coefficient (Wildman–Crippen LogP) is 3.86. The van der Waals surface area contributed by atoms with Crippen molar-refractivity contribution in [2.75, 3.05) is 6.54 Å². The molecule has 2 N–H and O–H groups in total. The van der Waals surface area contributed by atoms with Gasteiger partial charge in [-0.05, 0) is 29.9 Å². The highest BCUT2D eigenvalue weighted by Crippen LogP contribution is 2.27. The normalized spacial score (nSPS) is 16.0. The molecule has 150 valence electrons. The lowest BCUT2D eigenvalue weighted by Gasteiger charge is -2.24. The predicted molar refractivity (Wildman–Crippen MR) is 116 cm³/mol. The zero-order chi connectivity index (χ0) is 20.1. The van der Waals surface area contributed by atoms with Gasteiger partial charge in [0, 0.05) is 18.5 Å². The Morgan fingerprint density at radius 1 is 1.07 bits per heavy atom. The maximum atomic E-state index is 12.7. The maximum absolute atomic E-state index is 12.7. The second-order valence-corrected chi connectivity index (χ2v) is 8.64. The number of rotatable bonds is 6. The van der Waals surface area contributed by atoms with Gasteiger partial charge in [0.1, 0.15) is 11.0 Å². The summed E-state index contributed by atoms with van der Waals surface area (Å²) >= 11 is 3.22. The fraction of sp³-hybridized carbons (Fsp3) is 0.286. The standard InChI is InChI=1S/C21H22N4O2S2/c26-19(22-13-16-14-29-20(24-16)18-9-5-11-28-18)17-8-4-10-25(17)21(27)23-12-15-6-2-1-3-7-15/h1-3,5-7,9,11,14,17H,4,8,10,12-13H2,(H,22,26)(H,23,27). The molecule has 2 aromatic heterocycles. The molecule has 8 heteroatoms. The maximum Gasteiger partial charge on any atom is 0.318 e. The molecule has 0 aliphatic carbocycles. The lowest BCUT2D eigenvalue weighted by Crippen LogP contribution is -2.49. The van der Waals surface area contributed by atoms with Crippen LogP contribution in [0.5, 0.6) is 0 Å². The van der Waals surface area contributed by atoms with Crippen LogP contribution in [0.4, 0.5) is 4.79 Å². The zero-order valence-corrected chi connectivity index (χ0v) is 17.5. The Morgan fingerprint density at radius 3 is 2.72 bits per heavy atom. The van der Waals surface area contributed by atoms with Crippen LogP contribution < -0.4 is 10.6 Å². The number of thiazole rings is 1. The molecule has 0 bridgehead atoms. The van der Waals surface area contributed by atoms with Gasteiger partial charge in [-0.25, -0.2) is 9.78 Å². The topological polar surface area (TPSA) is 74.3 Å². The highest BCUT2D eigenvalue weighted by Gasteiger charge is 2.33. The van der Waals surface area contributed by atoms with Crippen molar-refractivity contribution in [3.63, 3.8) is 0 Å². The molecule has 0 radical (unpaired) electrons. The van der Waals surface area contributed by atoms with Gasteiger partial charge in [0.2, 0.25) is 5.91 Å². The number of aromatic nitrogens is 1. The molecule has 3 amide bonds. The summed E-state index contributed by atoms with van der Waals surface area (Å²) in [7, 11) is 0. The number of nitrogens with one attached hydrogen (secondary N) is 2. The number of carbonyl (C=O) groups excluding carboxylic acids is 2. The van der Waals surface area contributed by atoms with E-state index in [1.54, 1.807) is 27.6 Å². The molecule has 29 heavy (non-hydrogen) atoms. The van der Waals surface area contributed by atoms with E-state index in [0.717, 1.165) is 27.6 Å². The first kappa shape index (κ1) is 19.6. The smallest absolute Gasteiger partial charge is 0.318 e. The average molecular weight is 427 g/mol. The van der Waals surface area contributed by atoms with E-state index in [-0.39, 0.29) is 11.9 Å². The summed E-state index contributed by atoms with van der Waals surface area (Å²) < 4.78 is 0. The molecule has 0 saturated carbocycles. The molecule has 0 spiro atoms. The van der Waals surface area contributed by atoms with Crippen LogP contribution in [-0.2, 0) is 17.9 Å². The fourth-order valence-corrected chi connectivity index (χ4v) is 4.99. The molecule has 3 aromatic rings. The van der Waals surface area contributed by atoms with Crippen molar-refractivity contribution < 1.29 is 9.59 Å². The van der Waals surface area contributed by atoms with E-state index in [2.05, 4.69) is 15.6 Å². The molecule has 4 rings (SSSR count). The quantitative estimate of drug-likeness (QED) is 0.629. The Balaban J connectivity index is 1.30. The summed E-state index contributed by atoms with van der Waals surface area (Å²) in [6.07, 6.45) is 1.51. The minimum atomic E-state index is -0.429. The minimum absolute atomic E-state index is 0.122. The Morgan fingerprint density at radius 2 is 1.93 bits per heavy atom. The van der Waals surface area contributed by atoms with Crippen molar-refractivity contribution in [2.45, 2.75) is 32.0 Å². The van der Waals surface area contributed by atoms with Crippen LogP contribution in [0.3, 0.4) is 0 Å². The van der Waals surface area contributed by atoms with Crippen LogP contribution in [0.15, 0.2) is 53.2 Å². The second-order valence-electron chi connectivity index (χ2n) is 6.83. The van der Waals surface area contributed by atoms with Crippen LogP contribution in [0.1, 0.15) is 24.1 Å². The van der Waals surface area contributed by atoms with Crippen molar-refractivity contribution in [2.24, 2.45) is 0 Å². The third-order valence-electron chi connectivity index (χ3n) is 4.83. The van der Waals surface area contributed by atoms with Crippen molar-refractivity contribution in [1.29, 1.82) is 0 Å². The third kappa shape index (κ3) is 4.83. The molecule has 1 aliphatic rings. The number of nitrogens with zero attached hydrogens (tertiary/aromatic N) is 2. The van der Waals surface area contributed by atoms with Crippen molar-refractivity contribution >= 4 is 34.6 Å². The minimum Gasteiger partial charge on any atom is -0.349 e. The summed E-state index contributed by atoms with van der Waals surface area (Å²) in [6, 6.07) is 13.2. The molecule has 6 nitrogen and oxygen atoms in total. The van der Waals surface area contributed by atoms with Crippen LogP contribution in [0.25, 0.3) is 9.88 Å². The molecule has 1 aliphatic heterocycles. The summed E-state index contributed by atoms with van der Waals surface area (Å²) in [6.45, 7) is 1.42. The monoisotopic (exact) mass is 426 g/mol. The number of hydrogen-bond acceptors (Lipinski definition) is 5. The molecule has 1 aromatic carbocycles. The third-order valence-corrected chi connectivity index (χ3v) is 6.76. The molecule has 1 atom stereocenters. The summed E-state index contributed by atoms with van der Waals surface area (Å²) in [5.41, 5.74) is 1.87. The Bertz CT molecular complexity index is 956. The van der Waals surface area contributed by atoms with E-state index in [9.17, 15) is 9.59 Å². The van der Waals surface area contributed by atoms with Gasteiger partial charge in [0.15, 0.2) is 0 Å². The number of carbonyl (C=O) groups is 2. The summed E-state index contributed by atoms with van der Waals surface area (Å²) in [5.74, 6) is -0.122. The first-order valence-corrected chi connectivity index (χ1v) is 11.3. The number of benzene rings is 1. The first-order valence-electron chi connectivity index (χ1n) is 9.55. The molecular formula is C21H22N4O2S2. The zero-order valence-electron chi connectivity index (χ0n) is 15.8. The van der Waals surface area contributed by atoms with Crippen molar-refractivity contribution in [1.82, 2.24) is 20.5 Å². The van der Waals surface area contributed by atoms with Gasteiger partial charge in [0.25, 0.3) is 0 Å². The molecule has 3 heterocycles. The first-order chi connectivity index (χ1) is 14.2. The molecular weight excluding hydrogens is 404 g/mol. The average Bonchev–Trinajstić information content (AvgIpc) is 3.51. The van der Waals surface area contributed by atoms with Gasteiger partial charge in [0.05, 0.1) is 17.1 Å². The highest BCUT2D eigenvalue weighted by molar-refractivity contribution is 7.20. The lowest BCUT2D eigenvalue weighted by atomic mass is 10.2.